The van der Waals surface area contributed by atoms with Gasteiger partial charge in [-0.2, -0.15) is 0 Å². The van der Waals surface area contributed by atoms with Crippen molar-refractivity contribution in [3.05, 3.63) is 58.1 Å². The van der Waals surface area contributed by atoms with E-state index in [2.05, 4.69) is 85.7 Å². The van der Waals surface area contributed by atoms with Gasteiger partial charge in [0.25, 0.3) is 0 Å². The molecule has 38 heavy (non-hydrogen) atoms. The summed E-state index contributed by atoms with van der Waals surface area (Å²) < 4.78 is 13.2. The van der Waals surface area contributed by atoms with Crippen molar-refractivity contribution in [3.8, 4) is 11.5 Å². The Morgan fingerprint density at radius 1 is 0.789 bits per heavy atom. The van der Waals surface area contributed by atoms with Crippen molar-refractivity contribution in [1.29, 1.82) is 0 Å². The Kier molecular flexibility index (Phi) is 11.6. The number of ether oxygens (including phenoxy) is 2. The van der Waals surface area contributed by atoms with Gasteiger partial charge in [-0.1, -0.05) is 103 Å². The maximum Gasteiger partial charge on any atom is 0.127 e. The zero-order chi connectivity index (χ0) is 27.7. The summed E-state index contributed by atoms with van der Waals surface area (Å²) >= 11 is 0. The molecular weight excluding hydrogens is 464 g/mol. The number of rotatable bonds is 15. The molecule has 0 aliphatic carbocycles. The van der Waals surface area contributed by atoms with Gasteiger partial charge < -0.3 is 9.47 Å². The Hall–Kier alpha value is -1.96. The molecule has 2 nitrogen and oxygen atoms in total. The molecule has 2 heteroatoms. The second-order valence-electron chi connectivity index (χ2n) is 13.2. The van der Waals surface area contributed by atoms with Gasteiger partial charge in [-0.3, -0.25) is 0 Å². The molecule has 0 saturated heterocycles. The van der Waals surface area contributed by atoms with E-state index < -0.39 is 0 Å². The third kappa shape index (κ3) is 8.78. The van der Waals surface area contributed by atoms with E-state index in [0.717, 1.165) is 48.5 Å². The summed E-state index contributed by atoms with van der Waals surface area (Å²) in [6.45, 7) is 19.1. The third-order valence-corrected chi connectivity index (χ3v) is 9.06. The topological polar surface area (TPSA) is 18.5 Å². The van der Waals surface area contributed by atoms with E-state index in [4.69, 9.17) is 9.47 Å². The van der Waals surface area contributed by atoms with Crippen molar-refractivity contribution in [3.63, 3.8) is 0 Å². The Labute approximate surface area is 234 Å². The molecule has 0 radical (unpaired) electrons. The van der Waals surface area contributed by atoms with Crippen LogP contribution in [0, 0.1) is 38.5 Å². The number of fused-ring (bicyclic) bond motifs is 1. The minimum absolute atomic E-state index is 0.0618. The summed E-state index contributed by atoms with van der Waals surface area (Å²) in [7, 11) is 0. The molecule has 1 aliphatic heterocycles. The molecule has 1 heterocycles. The first-order valence-corrected chi connectivity index (χ1v) is 15.6. The molecule has 212 valence electrons. The third-order valence-electron chi connectivity index (χ3n) is 9.06. The highest BCUT2D eigenvalue weighted by molar-refractivity contribution is 5.59. The van der Waals surface area contributed by atoms with Crippen molar-refractivity contribution in [2.24, 2.45) is 17.8 Å². The van der Waals surface area contributed by atoms with E-state index in [1.165, 1.54) is 79.2 Å². The smallest absolute Gasteiger partial charge is 0.127 e. The first kappa shape index (κ1) is 30.6. The molecule has 1 unspecified atom stereocenters. The first-order chi connectivity index (χ1) is 18.1. The Morgan fingerprint density at radius 3 is 2.03 bits per heavy atom. The number of benzene rings is 2. The molecule has 2 aromatic rings. The van der Waals surface area contributed by atoms with Crippen molar-refractivity contribution >= 4 is 0 Å². The summed E-state index contributed by atoms with van der Waals surface area (Å²) in [6.07, 6.45) is 14.2. The van der Waals surface area contributed by atoms with Gasteiger partial charge in [0.05, 0.1) is 0 Å². The predicted octanol–water partition coefficient (Wildman–Crippen LogP) is 10.7. The molecule has 1 aliphatic rings. The van der Waals surface area contributed by atoms with Crippen LogP contribution in [0.3, 0.4) is 0 Å². The molecule has 3 rings (SSSR count). The largest absolute Gasteiger partial charge is 0.488 e. The van der Waals surface area contributed by atoms with Gasteiger partial charge in [0, 0.05) is 5.56 Å². The summed E-state index contributed by atoms with van der Waals surface area (Å²) in [6, 6.07) is 10.4. The fourth-order valence-electron chi connectivity index (χ4n) is 6.21. The van der Waals surface area contributed by atoms with Gasteiger partial charge in [0.15, 0.2) is 0 Å². The first-order valence-electron chi connectivity index (χ1n) is 15.6. The van der Waals surface area contributed by atoms with Crippen LogP contribution in [-0.4, -0.2) is 5.60 Å². The monoisotopic (exact) mass is 520 g/mol. The van der Waals surface area contributed by atoms with Gasteiger partial charge in [0.1, 0.15) is 23.7 Å². The second-order valence-corrected chi connectivity index (χ2v) is 13.2. The second kappa shape index (κ2) is 14.4. The SMILES string of the molecule is Cc1c(C)c2c(c(C)c1OCc1ccccc1)CCC(C)(CCC[C@H](C)CCC[C@H](C)CCCC(C)C)O2. The molecular formula is C36H56O2. The average Bonchev–Trinajstić information content (AvgIpc) is 2.87. The summed E-state index contributed by atoms with van der Waals surface area (Å²) in [4.78, 5) is 0. The van der Waals surface area contributed by atoms with Crippen LogP contribution in [0.2, 0.25) is 0 Å². The van der Waals surface area contributed by atoms with E-state index >= 15 is 0 Å². The zero-order valence-electron chi connectivity index (χ0n) is 25.9. The van der Waals surface area contributed by atoms with Crippen LogP contribution in [0.15, 0.2) is 30.3 Å². The van der Waals surface area contributed by atoms with Gasteiger partial charge >= 0.3 is 0 Å². The highest BCUT2D eigenvalue weighted by Crippen LogP contribution is 2.45. The lowest BCUT2D eigenvalue weighted by molar-refractivity contribution is 0.0511. The van der Waals surface area contributed by atoms with Crippen molar-refractivity contribution in [2.45, 2.75) is 138 Å². The molecule has 0 amide bonds. The van der Waals surface area contributed by atoms with Crippen molar-refractivity contribution in [2.75, 3.05) is 0 Å². The normalized spacial score (nSPS) is 18.7. The lowest BCUT2D eigenvalue weighted by atomic mass is 9.83. The Balaban J connectivity index is 1.48. The van der Waals surface area contributed by atoms with E-state index in [1.54, 1.807) is 0 Å². The van der Waals surface area contributed by atoms with E-state index in [0.29, 0.717) is 6.61 Å². The highest BCUT2D eigenvalue weighted by Gasteiger charge is 2.34. The molecule has 0 fully saturated rings. The van der Waals surface area contributed by atoms with E-state index in [1.807, 2.05) is 0 Å². The molecule has 0 bridgehead atoms. The fraction of sp³-hybridized carbons (Fsp3) is 0.667. The van der Waals surface area contributed by atoms with Gasteiger partial charge in [-0.05, 0) is 93.4 Å². The zero-order valence-corrected chi connectivity index (χ0v) is 25.9. The van der Waals surface area contributed by atoms with Crippen LogP contribution in [0.1, 0.15) is 127 Å². The highest BCUT2D eigenvalue weighted by atomic mass is 16.5. The predicted molar refractivity (Wildman–Crippen MR) is 163 cm³/mol. The lowest BCUT2D eigenvalue weighted by Gasteiger charge is -2.38. The number of hydrogen-bond donors (Lipinski definition) is 0. The Bertz CT molecular complexity index is 992. The summed E-state index contributed by atoms with van der Waals surface area (Å²) in [5, 5.41) is 0. The van der Waals surface area contributed by atoms with Gasteiger partial charge in [-0.15, -0.1) is 0 Å². The molecule has 3 atom stereocenters. The maximum atomic E-state index is 6.82. The van der Waals surface area contributed by atoms with Gasteiger partial charge in [0.2, 0.25) is 0 Å². The van der Waals surface area contributed by atoms with Crippen LogP contribution in [0.4, 0.5) is 0 Å². The van der Waals surface area contributed by atoms with Crippen LogP contribution < -0.4 is 9.47 Å². The van der Waals surface area contributed by atoms with Crippen LogP contribution in [-0.2, 0) is 13.0 Å². The van der Waals surface area contributed by atoms with Crippen LogP contribution >= 0.6 is 0 Å². The van der Waals surface area contributed by atoms with Crippen molar-refractivity contribution in [1.82, 2.24) is 0 Å². The van der Waals surface area contributed by atoms with E-state index in [9.17, 15) is 0 Å². The van der Waals surface area contributed by atoms with Gasteiger partial charge in [-0.25, -0.2) is 0 Å². The summed E-state index contributed by atoms with van der Waals surface area (Å²) in [5.74, 6) is 4.71. The molecule has 0 spiro atoms. The van der Waals surface area contributed by atoms with E-state index in [-0.39, 0.29) is 5.60 Å². The quantitative estimate of drug-likeness (QED) is 0.232. The molecule has 0 N–H and O–H groups in total. The summed E-state index contributed by atoms with van der Waals surface area (Å²) in [5.41, 5.74) is 6.21. The lowest BCUT2D eigenvalue weighted by Crippen LogP contribution is -2.37. The van der Waals surface area contributed by atoms with Crippen LogP contribution in [0.5, 0.6) is 11.5 Å². The average molecular weight is 521 g/mol. The van der Waals surface area contributed by atoms with Crippen molar-refractivity contribution < 1.29 is 9.47 Å². The Morgan fingerprint density at radius 2 is 1.39 bits per heavy atom. The minimum Gasteiger partial charge on any atom is -0.488 e. The molecule has 0 aromatic heterocycles. The maximum absolute atomic E-state index is 6.82. The molecule has 2 aromatic carbocycles. The standard InChI is InChI=1S/C36H56O2/c1-26(2)15-12-16-27(3)17-13-18-28(4)19-14-23-36(8)24-22-33-31(7)34(29(5)30(6)35(33)38-36)37-25-32-20-10-9-11-21-32/h9-11,20-21,26-28H,12-19,22-25H2,1-8H3/t27-,28-,36?/m1/s1. The molecule has 0 saturated carbocycles. The number of hydrogen-bond acceptors (Lipinski definition) is 2. The minimum atomic E-state index is -0.0618. The fourth-order valence-corrected chi connectivity index (χ4v) is 6.21. The van der Waals surface area contributed by atoms with Crippen LogP contribution in [0.25, 0.3) is 0 Å².